The van der Waals surface area contributed by atoms with Crippen molar-refractivity contribution < 1.29 is 5.11 Å². The number of nitrogens with one attached hydrogen (secondary N) is 2. The van der Waals surface area contributed by atoms with E-state index in [9.17, 15) is 5.11 Å². The summed E-state index contributed by atoms with van der Waals surface area (Å²) in [6.07, 6.45) is 5.02. The number of benzene rings is 1. The number of piperazine rings is 1. The topological polar surface area (TPSA) is 64.2 Å². The quantitative estimate of drug-likeness (QED) is 0.694. The van der Waals surface area contributed by atoms with Gasteiger partial charge >= 0.3 is 0 Å². The number of thioether (sulfide) groups is 1. The highest BCUT2D eigenvalue weighted by Gasteiger charge is 2.30. The van der Waals surface area contributed by atoms with Crippen molar-refractivity contribution in [3.63, 3.8) is 0 Å². The van der Waals surface area contributed by atoms with Gasteiger partial charge in [-0.1, -0.05) is 36.2 Å². The highest BCUT2D eigenvalue weighted by atomic mass is 35.5. The van der Waals surface area contributed by atoms with Gasteiger partial charge in [0.2, 0.25) is 0 Å². The number of aromatic amines is 1. The molecule has 1 saturated heterocycles. The molecule has 2 fully saturated rings. The highest BCUT2D eigenvalue weighted by Crippen LogP contribution is 2.35. The maximum absolute atomic E-state index is 10.5. The standard InChI is InChI=1S/C18H25ClN4OS/c19-13-11-14-15(12-16(13)23-8-6-20-7-9-23)22-17(21-14)25-10-5-18(24)3-1-2-4-18/h11-12,20,24H,1-10H2,(H,21,22). The second-order valence-electron chi connectivity index (χ2n) is 7.13. The Morgan fingerprint density at radius 1 is 1.24 bits per heavy atom. The molecule has 25 heavy (non-hydrogen) atoms. The van der Waals surface area contributed by atoms with E-state index in [1.807, 2.05) is 6.07 Å². The molecular formula is C18H25ClN4OS. The fourth-order valence-electron chi connectivity index (χ4n) is 3.83. The van der Waals surface area contributed by atoms with Crippen LogP contribution in [0.25, 0.3) is 11.0 Å². The van der Waals surface area contributed by atoms with Crippen LogP contribution in [-0.4, -0.2) is 52.6 Å². The van der Waals surface area contributed by atoms with E-state index in [4.69, 9.17) is 16.6 Å². The van der Waals surface area contributed by atoms with Crippen LogP contribution >= 0.6 is 23.4 Å². The number of hydrogen-bond donors (Lipinski definition) is 3. The Bertz CT molecular complexity index is 738. The van der Waals surface area contributed by atoms with Gasteiger partial charge in [-0.05, 0) is 31.4 Å². The third-order valence-electron chi connectivity index (χ3n) is 5.33. The summed E-state index contributed by atoms with van der Waals surface area (Å²) in [6, 6.07) is 4.07. The molecule has 1 aromatic carbocycles. The molecular weight excluding hydrogens is 356 g/mol. The predicted molar refractivity (Wildman–Crippen MR) is 105 cm³/mol. The Kier molecular flexibility index (Phi) is 5.13. The van der Waals surface area contributed by atoms with Gasteiger partial charge < -0.3 is 20.3 Å². The molecule has 3 N–H and O–H groups in total. The first-order valence-electron chi connectivity index (χ1n) is 9.13. The molecule has 1 aliphatic heterocycles. The predicted octanol–water partition coefficient (Wildman–Crippen LogP) is 3.41. The molecule has 0 unspecified atom stereocenters. The van der Waals surface area contributed by atoms with E-state index < -0.39 is 5.60 Å². The van der Waals surface area contributed by atoms with Crippen molar-refractivity contribution in [1.82, 2.24) is 15.3 Å². The van der Waals surface area contributed by atoms with E-state index in [1.165, 1.54) is 0 Å². The van der Waals surface area contributed by atoms with E-state index in [0.29, 0.717) is 0 Å². The molecule has 2 aliphatic rings. The summed E-state index contributed by atoms with van der Waals surface area (Å²) in [5.41, 5.74) is 2.56. The molecule has 0 atom stereocenters. The van der Waals surface area contributed by atoms with Crippen LogP contribution in [0.4, 0.5) is 5.69 Å². The van der Waals surface area contributed by atoms with E-state index in [0.717, 1.165) is 90.9 Å². The lowest BCUT2D eigenvalue weighted by Crippen LogP contribution is -2.43. The number of imidazole rings is 1. The van der Waals surface area contributed by atoms with Gasteiger partial charge in [-0.3, -0.25) is 0 Å². The van der Waals surface area contributed by atoms with Gasteiger partial charge in [-0.15, -0.1) is 0 Å². The van der Waals surface area contributed by atoms with Crippen molar-refractivity contribution in [2.75, 3.05) is 36.8 Å². The molecule has 2 aromatic rings. The second-order valence-corrected chi connectivity index (χ2v) is 8.62. The zero-order valence-electron chi connectivity index (χ0n) is 14.4. The first kappa shape index (κ1) is 17.5. The zero-order chi connectivity index (χ0) is 17.3. The fraction of sp³-hybridized carbons (Fsp3) is 0.611. The third-order valence-corrected chi connectivity index (χ3v) is 6.50. The number of aliphatic hydroxyl groups is 1. The molecule has 1 saturated carbocycles. The smallest absolute Gasteiger partial charge is 0.166 e. The Labute approximate surface area is 157 Å². The van der Waals surface area contributed by atoms with Crippen molar-refractivity contribution in [2.24, 2.45) is 0 Å². The number of nitrogens with zero attached hydrogens (tertiary/aromatic N) is 2. The van der Waals surface area contributed by atoms with Crippen molar-refractivity contribution in [3.05, 3.63) is 17.2 Å². The lowest BCUT2D eigenvalue weighted by atomic mass is 10.00. The molecule has 0 spiro atoms. The van der Waals surface area contributed by atoms with Gasteiger partial charge in [0.15, 0.2) is 5.16 Å². The van der Waals surface area contributed by atoms with Crippen molar-refractivity contribution in [2.45, 2.75) is 42.9 Å². The summed E-state index contributed by atoms with van der Waals surface area (Å²) in [7, 11) is 0. The molecule has 5 nitrogen and oxygen atoms in total. The Morgan fingerprint density at radius 3 is 2.76 bits per heavy atom. The van der Waals surface area contributed by atoms with Crippen LogP contribution in [0.3, 0.4) is 0 Å². The first-order chi connectivity index (χ1) is 12.1. The third kappa shape index (κ3) is 3.92. The van der Waals surface area contributed by atoms with Gasteiger partial charge in [0.05, 0.1) is 27.3 Å². The number of aromatic nitrogens is 2. The minimum Gasteiger partial charge on any atom is -0.390 e. The number of fused-ring (bicyclic) bond motifs is 1. The number of hydrogen-bond acceptors (Lipinski definition) is 5. The van der Waals surface area contributed by atoms with Gasteiger partial charge in [0.25, 0.3) is 0 Å². The lowest BCUT2D eigenvalue weighted by Gasteiger charge is -2.30. The maximum atomic E-state index is 10.5. The number of H-pyrrole nitrogens is 1. The van der Waals surface area contributed by atoms with Crippen LogP contribution in [0.1, 0.15) is 32.1 Å². The Morgan fingerprint density at radius 2 is 2.00 bits per heavy atom. The summed E-state index contributed by atoms with van der Waals surface area (Å²) in [6.45, 7) is 3.91. The maximum Gasteiger partial charge on any atom is 0.166 e. The number of anilines is 1. The van der Waals surface area contributed by atoms with E-state index in [2.05, 4.69) is 21.3 Å². The van der Waals surface area contributed by atoms with Crippen molar-refractivity contribution >= 4 is 40.1 Å². The van der Waals surface area contributed by atoms with Crippen LogP contribution in [0.2, 0.25) is 5.02 Å². The normalized spacial score (nSPS) is 20.5. The summed E-state index contributed by atoms with van der Waals surface area (Å²) in [5, 5.41) is 15.5. The van der Waals surface area contributed by atoms with Crippen molar-refractivity contribution in [1.29, 1.82) is 0 Å². The summed E-state index contributed by atoms with van der Waals surface area (Å²) >= 11 is 8.19. The van der Waals surface area contributed by atoms with Gasteiger partial charge in [0.1, 0.15) is 0 Å². The molecule has 2 heterocycles. The van der Waals surface area contributed by atoms with E-state index in [-0.39, 0.29) is 0 Å². The van der Waals surface area contributed by atoms with Crippen LogP contribution in [0.5, 0.6) is 0 Å². The summed E-state index contributed by atoms with van der Waals surface area (Å²) in [5.74, 6) is 0.884. The van der Waals surface area contributed by atoms with E-state index >= 15 is 0 Å². The number of halogens is 1. The average Bonchev–Trinajstić information content (AvgIpc) is 3.21. The average molecular weight is 381 g/mol. The lowest BCUT2D eigenvalue weighted by molar-refractivity contribution is 0.0451. The van der Waals surface area contributed by atoms with Crippen LogP contribution < -0.4 is 10.2 Å². The number of rotatable bonds is 5. The van der Waals surface area contributed by atoms with Gasteiger partial charge in [-0.2, -0.15) is 0 Å². The minimum absolute atomic E-state index is 0.447. The SMILES string of the molecule is OC1(CCSc2nc3cc(N4CCNCC4)c(Cl)cc3[nH]2)CCCC1. The summed E-state index contributed by atoms with van der Waals surface area (Å²) < 4.78 is 0. The monoisotopic (exact) mass is 380 g/mol. The van der Waals surface area contributed by atoms with Crippen LogP contribution in [0.15, 0.2) is 17.3 Å². The largest absolute Gasteiger partial charge is 0.390 e. The molecule has 1 aromatic heterocycles. The molecule has 1 aliphatic carbocycles. The molecule has 136 valence electrons. The molecule has 0 radical (unpaired) electrons. The second kappa shape index (κ2) is 7.35. The zero-order valence-corrected chi connectivity index (χ0v) is 15.9. The molecule has 7 heteroatoms. The highest BCUT2D eigenvalue weighted by molar-refractivity contribution is 7.99. The van der Waals surface area contributed by atoms with Crippen molar-refractivity contribution in [3.8, 4) is 0 Å². The van der Waals surface area contributed by atoms with Crippen LogP contribution in [-0.2, 0) is 0 Å². The minimum atomic E-state index is -0.447. The van der Waals surface area contributed by atoms with Gasteiger partial charge in [-0.25, -0.2) is 4.98 Å². The van der Waals surface area contributed by atoms with Crippen LogP contribution in [0, 0.1) is 0 Å². The van der Waals surface area contributed by atoms with Gasteiger partial charge in [0, 0.05) is 31.9 Å². The Hall–Kier alpha value is -0.950. The fourth-order valence-corrected chi connectivity index (χ4v) is 5.14. The molecule has 0 bridgehead atoms. The van der Waals surface area contributed by atoms with E-state index in [1.54, 1.807) is 11.8 Å². The molecule has 4 rings (SSSR count). The first-order valence-corrected chi connectivity index (χ1v) is 10.5. The summed E-state index contributed by atoms with van der Waals surface area (Å²) in [4.78, 5) is 10.4. The Balaban J connectivity index is 1.46. The molecule has 0 amide bonds.